The molecule has 18 heavy (non-hydrogen) atoms. The van der Waals surface area contributed by atoms with Crippen molar-refractivity contribution in [3.63, 3.8) is 0 Å². The van der Waals surface area contributed by atoms with Crippen molar-refractivity contribution in [3.8, 4) is 0 Å². The number of nitrogens with one attached hydrogen (secondary N) is 1. The SMILES string of the molecule is CC[n+]1c(C)csc1C=CNc1ccccc1.[I-]. The third-order valence-corrected chi connectivity index (χ3v) is 3.66. The average molecular weight is 372 g/mol. The molecule has 0 spiro atoms. The van der Waals surface area contributed by atoms with Crippen LogP contribution in [-0.2, 0) is 6.54 Å². The van der Waals surface area contributed by atoms with Crippen molar-refractivity contribution in [1.82, 2.24) is 0 Å². The van der Waals surface area contributed by atoms with Crippen LogP contribution in [0, 0.1) is 6.92 Å². The van der Waals surface area contributed by atoms with Gasteiger partial charge in [-0.1, -0.05) is 29.5 Å². The fraction of sp³-hybridized carbons (Fsp3) is 0.214. The zero-order chi connectivity index (χ0) is 12.1. The molecule has 2 nitrogen and oxygen atoms in total. The van der Waals surface area contributed by atoms with Crippen LogP contribution in [0.2, 0.25) is 0 Å². The summed E-state index contributed by atoms with van der Waals surface area (Å²) < 4.78 is 2.30. The van der Waals surface area contributed by atoms with Crippen molar-refractivity contribution in [1.29, 1.82) is 0 Å². The van der Waals surface area contributed by atoms with E-state index < -0.39 is 0 Å². The number of nitrogens with zero attached hydrogens (tertiary/aromatic N) is 1. The summed E-state index contributed by atoms with van der Waals surface area (Å²) in [6.45, 7) is 5.32. The van der Waals surface area contributed by atoms with Crippen molar-refractivity contribution in [2.45, 2.75) is 20.4 Å². The molecule has 1 N–H and O–H groups in total. The van der Waals surface area contributed by atoms with Crippen LogP contribution in [0.3, 0.4) is 0 Å². The van der Waals surface area contributed by atoms with Crippen LogP contribution in [0.4, 0.5) is 5.69 Å². The van der Waals surface area contributed by atoms with Gasteiger partial charge in [0.25, 0.3) is 5.01 Å². The second kappa shape index (κ2) is 7.53. The van der Waals surface area contributed by atoms with E-state index in [1.807, 2.05) is 24.4 Å². The Morgan fingerprint density at radius 1 is 1.28 bits per heavy atom. The Morgan fingerprint density at radius 3 is 2.67 bits per heavy atom. The Labute approximate surface area is 129 Å². The molecule has 0 unspecified atom stereocenters. The maximum Gasteiger partial charge on any atom is 0.263 e. The molecule has 2 rings (SSSR count). The Hall–Kier alpha value is -0.880. The summed E-state index contributed by atoms with van der Waals surface area (Å²) in [7, 11) is 0. The molecule has 0 aliphatic carbocycles. The van der Waals surface area contributed by atoms with Gasteiger partial charge in [0.1, 0.15) is 6.54 Å². The molecule has 2 aromatic rings. The van der Waals surface area contributed by atoms with Crippen LogP contribution in [0.1, 0.15) is 17.6 Å². The normalized spacial score (nSPS) is 10.3. The Morgan fingerprint density at radius 2 is 2.00 bits per heavy atom. The summed E-state index contributed by atoms with van der Waals surface area (Å²) in [6.07, 6.45) is 4.11. The molecule has 0 saturated heterocycles. The predicted molar refractivity (Wildman–Crippen MR) is 74.0 cm³/mol. The molecule has 0 atom stereocenters. The van der Waals surface area contributed by atoms with Crippen LogP contribution in [0.25, 0.3) is 6.08 Å². The quantitative estimate of drug-likeness (QED) is 0.609. The summed E-state index contributed by atoms with van der Waals surface area (Å²) in [5.74, 6) is 0. The summed E-state index contributed by atoms with van der Waals surface area (Å²) in [4.78, 5) is 0. The second-order valence-corrected chi connectivity index (χ2v) is 4.69. The van der Waals surface area contributed by atoms with Gasteiger partial charge in [0, 0.05) is 24.9 Å². The summed E-state index contributed by atoms with van der Waals surface area (Å²) in [5.41, 5.74) is 2.43. The number of thiazole rings is 1. The van der Waals surface area contributed by atoms with Gasteiger partial charge in [0.05, 0.1) is 5.38 Å². The van der Waals surface area contributed by atoms with E-state index >= 15 is 0 Å². The fourth-order valence-corrected chi connectivity index (χ4v) is 2.69. The molecular weight excluding hydrogens is 355 g/mol. The summed E-state index contributed by atoms with van der Waals surface area (Å²) >= 11 is 1.77. The van der Waals surface area contributed by atoms with Gasteiger partial charge < -0.3 is 29.3 Å². The highest BCUT2D eigenvalue weighted by Gasteiger charge is 2.11. The van der Waals surface area contributed by atoms with E-state index in [0.29, 0.717) is 0 Å². The molecule has 0 bridgehead atoms. The predicted octanol–water partition coefficient (Wildman–Crippen LogP) is 0.451. The first kappa shape index (κ1) is 15.2. The first-order chi connectivity index (χ1) is 8.31. The Kier molecular flexibility index (Phi) is 6.35. The third-order valence-electron chi connectivity index (χ3n) is 2.61. The standard InChI is InChI=1S/C14H16N2S.HI/c1-3-16-12(2)11-17-14(16)9-10-15-13-7-5-4-6-8-13;/h4-11H,3H2,1-2H3;1H. The molecule has 0 saturated carbocycles. The lowest BCUT2D eigenvalue weighted by Crippen LogP contribution is -3.00. The summed E-state index contributed by atoms with van der Waals surface area (Å²) in [6, 6.07) is 10.2. The number of halogens is 1. The monoisotopic (exact) mass is 372 g/mol. The zero-order valence-electron chi connectivity index (χ0n) is 10.6. The minimum atomic E-state index is 0. The van der Waals surface area contributed by atoms with Crippen molar-refractivity contribution in [2.75, 3.05) is 5.32 Å². The molecule has 0 aliphatic rings. The topological polar surface area (TPSA) is 15.9 Å². The lowest BCUT2D eigenvalue weighted by Gasteiger charge is -1.97. The lowest BCUT2D eigenvalue weighted by molar-refractivity contribution is -0.696. The number of hydrogen-bond donors (Lipinski definition) is 1. The van der Waals surface area contributed by atoms with E-state index in [1.165, 1.54) is 10.7 Å². The minimum absolute atomic E-state index is 0. The van der Waals surface area contributed by atoms with Gasteiger partial charge in [-0.25, -0.2) is 0 Å². The van der Waals surface area contributed by atoms with Gasteiger partial charge in [-0.05, 0) is 19.1 Å². The lowest BCUT2D eigenvalue weighted by atomic mass is 10.3. The van der Waals surface area contributed by atoms with Crippen molar-refractivity contribution >= 4 is 23.1 Å². The maximum atomic E-state index is 3.27. The zero-order valence-corrected chi connectivity index (χ0v) is 13.5. The van der Waals surface area contributed by atoms with E-state index in [1.54, 1.807) is 11.3 Å². The minimum Gasteiger partial charge on any atom is -1.00 e. The van der Waals surface area contributed by atoms with E-state index in [2.05, 4.69) is 47.3 Å². The average Bonchev–Trinajstić information content (AvgIpc) is 2.71. The smallest absolute Gasteiger partial charge is 0.263 e. The molecular formula is C14H17IN2S. The molecule has 0 aliphatic heterocycles. The molecule has 1 heterocycles. The third kappa shape index (κ3) is 3.81. The highest BCUT2D eigenvalue weighted by atomic mass is 127. The van der Waals surface area contributed by atoms with Crippen LogP contribution < -0.4 is 33.9 Å². The molecule has 96 valence electrons. The number of aryl methyl sites for hydroxylation is 1. The van der Waals surface area contributed by atoms with E-state index in [4.69, 9.17) is 0 Å². The first-order valence-corrected chi connectivity index (χ1v) is 6.65. The Bertz CT molecular complexity index is 506. The molecule has 4 heteroatoms. The van der Waals surface area contributed by atoms with E-state index in [-0.39, 0.29) is 24.0 Å². The maximum absolute atomic E-state index is 3.27. The van der Waals surface area contributed by atoms with Crippen LogP contribution >= 0.6 is 11.3 Å². The number of benzene rings is 1. The van der Waals surface area contributed by atoms with Crippen LogP contribution in [-0.4, -0.2) is 0 Å². The highest BCUT2D eigenvalue weighted by Crippen LogP contribution is 2.10. The Balaban J connectivity index is 0.00000162. The van der Waals surface area contributed by atoms with Gasteiger partial charge in [-0.2, -0.15) is 4.57 Å². The van der Waals surface area contributed by atoms with E-state index in [9.17, 15) is 0 Å². The van der Waals surface area contributed by atoms with Gasteiger partial charge >= 0.3 is 0 Å². The van der Waals surface area contributed by atoms with E-state index in [0.717, 1.165) is 12.2 Å². The highest BCUT2D eigenvalue weighted by molar-refractivity contribution is 7.10. The number of aromatic nitrogens is 1. The molecule has 1 aromatic carbocycles. The summed E-state index contributed by atoms with van der Waals surface area (Å²) in [5, 5.41) is 6.72. The number of hydrogen-bond acceptors (Lipinski definition) is 2. The largest absolute Gasteiger partial charge is 1.00 e. The first-order valence-electron chi connectivity index (χ1n) is 5.77. The van der Waals surface area contributed by atoms with Gasteiger partial charge in [-0.15, -0.1) is 0 Å². The van der Waals surface area contributed by atoms with Crippen molar-refractivity contribution in [2.24, 2.45) is 0 Å². The second-order valence-electron chi connectivity index (χ2n) is 3.80. The molecule has 0 fully saturated rings. The van der Waals surface area contributed by atoms with Crippen molar-refractivity contribution < 1.29 is 28.5 Å². The molecule has 1 aromatic heterocycles. The van der Waals surface area contributed by atoms with Gasteiger partial charge in [-0.3, -0.25) is 0 Å². The number of para-hydroxylation sites is 1. The molecule has 0 amide bonds. The van der Waals surface area contributed by atoms with Crippen LogP contribution in [0.15, 0.2) is 41.9 Å². The van der Waals surface area contributed by atoms with Crippen molar-refractivity contribution in [3.05, 3.63) is 52.6 Å². The van der Waals surface area contributed by atoms with Gasteiger partial charge in [0.2, 0.25) is 0 Å². The van der Waals surface area contributed by atoms with Crippen LogP contribution in [0.5, 0.6) is 0 Å². The number of rotatable bonds is 4. The number of anilines is 1. The molecule has 0 radical (unpaired) electrons. The van der Waals surface area contributed by atoms with Gasteiger partial charge in [0.15, 0.2) is 5.69 Å². The fourth-order valence-electron chi connectivity index (χ4n) is 1.72.